The Hall–Kier alpha value is -1.32. The van der Waals surface area contributed by atoms with Crippen LogP contribution in [0.1, 0.15) is 54.8 Å². The van der Waals surface area contributed by atoms with E-state index < -0.39 is 0 Å². The van der Waals surface area contributed by atoms with Gasteiger partial charge in [-0.25, -0.2) is 9.66 Å². The second kappa shape index (κ2) is 3.44. The molecule has 14 heavy (non-hydrogen) atoms. The van der Waals surface area contributed by atoms with Gasteiger partial charge in [0.1, 0.15) is 11.5 Å². The molecule has 1 heterocycles. The lowest BCUT2D eigenvalue weighted by atomic mass is 10.1. The van der Waals surface area contributed by atoms with E-state index in [-0.39, 0.29) is 5.78 Å². The standard InChI is InChI=1S/C10H15N3O/c1-7(14)9-6-12-10(13(9)11)8-4-2-3-5-8/h6,8H,2-5,11H2,1H3. The highest BCUT2D eigenvalue weighted by Crippen LogP contribution is 2.32. The number of rotatable bonds is 2. The molecule has 0 unspecified atom stereocenters. The molecule has 4 heteroatoms. The quantitative estimate of drug-likeness (QED) is 0.571. The Bertz CT molecular complexity index is 350. The van der Waals surface area contributed by atoms with Crippen molar-refractivity contribution < 1.29 is 4.79 Å². The Labute approximate surface area is 83.1 Å². The number of nitrogens with zero attached hydrogens (tertiary/aromatic N) is 2. The summed E-state index contributed by atoms with van der Waals surface area (Å²) in [5, 5.41) is 0. The second-order valence-electron chi connectivity index (χ2n) is 3.91. The van der Waals surface area contributed by atoms with Crippen LogP contribution in [-0.4, -0.2) is 15.4 Å². The number of hydrogen-bond acceptors (Lipinski definition) is 3. The van der Waals surface area contributed by atoms with Gasteiger partial charge >= 0.3 is 0 Å². The maximum atomic E-state index is 11.2. The van der Waals surface area contributed by atoms with E-state index >= 15 is 0 Å². The van der Waals surface area contributed by atoms with Crippen molar-refractivity contribution in [1.82, 2.24) is 9.66 Å². The first-order valence-electron chi connectivity index (χ1n) is 5.04. The molecule has 1 aromatic rings. The summed E-state index contributed by atoms with van der Waals surface area (Å²) in [6.07, 6.45) is 6.35. The molecule has 0 amide bonds. The van der Waals surface area contributed by atoms with Crippen molar-refractivity contribution in [3.63, 3.8) is 0 Å². The number of aromatic nitrogens is 2. The van der Waals surface area contributed by atoms with Crippen LogP contribution in [0.15, 0.2) is 6.20 Å². The molecule has 0 aliphatic heterocycles. The summed E-state index contributed by atoms with van der Waals surface area (Å²) in [4.78, 5) is 15.4. The number of carbonyl (C=O) groups is 1. The number of carbonyl (C=O) groups excluding carboxylic acids is 1. The lowest BCUT2D eigenvalue weighted by Crippen LogP contribution is -2.19. The molecule has 0 saturated heterocycles. The molecule has 1 aliphatic carbocycles. The van der Waals surface area contributed by atoms with Crippen LogP contribution in [0.2, 0.25) is 0 Å². The first-order chi connectivity index (χ1) is 6.70. The molecule has 1 saturated carbocycles. The normalized spacial score (nSPS) is 17.5. The third-order valence-electron chi connectivity index (χ3n) is 2.91. The predicted octanol–water partition coefficient (Wildman–Crippen LogP) is 1.46. The van der Waals surface area contributed by atoms with Crippen LogP contribution < -0.4 is 5.84 Å². The van der Waals surface area contributed by atoms with E-state index in [1.807, 2.05) is 0 Å². The monoisotopic (exact) mass is 193 g/mol. The minimum atomic E-state index is -0.0238. The average Bonchev–Trinajstić information content (AvgIpc) is 2.71. The van der Waals surface area contributed by atoms with Gasteiger partial charge in [0.2, 0.25) is 0 Å². The molecule has 2 rings (SSSR count). The number of nitrogens with two attached hydrogens (primary N) is 1. The van der Waals surface area contributed by atoms with Crippen molar-refractivity contribution in [2.45, 2.75) is 38.5 Å². The number of ketones is 1. The zero-order valence-electron chi connectivity index (χ0n) is 8.36. The Kier molecular flexibility index (Phi) is 2.27. The van der Waals surface area contributed by atoms with E-state index in [1.165, 1.54) is 24.4 Å². The van der Waals surface area contributed by atoms with E-state index in [0.29, 0.717) is 11.6 Å². The van der Waals surface area contributed by atoms with Gasteiger partial charge < -0.3 is 5.84 Å². The first-order valence-corrected chi connectivity index (χ1v) is 5.04. The van der Waals surface area contributed by atoms with Gasteiger partial charge in [0.15, 0.2) is 5.78 Å². The topological polar surface area (TPSA) is 60.9 Å². The lowest BCUT2D eigenvalue weighted by molar-refractivity contribution is 0.101. The summed E-state index contributed by atoms with van der Waals surface area (Å²) in [6.45, 7) is 1.51. The van der Waals surface area contributed by atoms with Crippen LogP contribution in [0.5, 0.6) is 0 Å². The van der Waals surface area contributed by atoms with E-state index in [9.17, 15) is 4.79 Å². The van der Waals surface area contributed by atoms with E-state index in [4.69, 9.17) is 5.84 Å². The number of hydrogen-bond donors (Lipinski definition) is 1. The highest BCUT2D eigenvalue weighted by Gasteiger charge is 2.23. The molecule has 0 aromatic carbocycles. The Morgan fingerprint density at radius 3 is 2.71 bits per heavy atom. The second-order valence-corrected chi connectivity index (χ2v) is 3.91. The summed E-state index contributed by atoms with van der Waals surface area (Å²) in [5.74, 6) is 7.11. The molecular weight excluding hydrogens is 178 g/mol. The Morgan fingerprint density at radius 2 is 2.21 bits per heavy atom. The minimum Gasteiger partial charge on any atom is -0.337 e. The highest BCUT2D eigenvalue weighted by molar-refractivity contribution is 5.92. The maximum Gasteiger partial charge on any atom is 0.179 e. The highest BCUT2D eigenvalue weighted by atomic mass is 16.1. The average molecular weight is 193 g/mol. The molecule has 1 aliphatic rings. The van der Waals surface area contributed by atoms with E-state index in [2.05, 4.69) is 4.98 Å². The summed E-state index contributed by atoms with van der Waals surface area (Å²) < 4.78 is 1.46. The predicted molar refractivity (Wildman–Crippen MR) is 53.6 cm³/mol. The fourth-order valence-corrected chi connectivity index (χ4v) is 2.12. The van der Waals surface area contributed by atoms with Crippen LogP contribution in [0, 0.1) is 0 Å². The van der Waals surface area contributed by atoms with Crippen molar-refractivity contribution in [3.05, 3.63) is 17.7 Å². The summed E-state index contributed by atoms with van der Waals surface area (Å²) in [6, 6.07) is 0. The third kappa shape index (κ3) is 1.41. The molecule has 76 valence electrons. The lowest BCUT2D eigenvalue weighted by Gasteiger charge is -2.09. The summed E-state index contributed by atoms with van der Waals surface area (Å²) in [7, 11) is 0. The minimum absolute atomic E-state index is 0.0238. The summed E-state index contributed by atoms with van der Waals surface area (Å²) in [5.41, 5.74) is 0.506. The van der Waals surface area contributed by atoms with Gasteiger partial charge in [-0.15, -0.1) is 0 Å². The fourth-order valence-electron chi connectivity index (χ4n) is 2.12. The van der Waals surface area contributed by atoms with Gasteiger partial charge in [-0.3, -0.25) is 4.79 Å². The smallest absolute Gasteiger partial charge is 0.179 e. The van der Waals surface area contributed by atoms with Gasteiger partial charge in [0.05, 0.1) is 6.20 Å². The molecule has 0 radical (unpaired) electrons. The largest absolute Gasteiger partial charge is 0.337 e. The molecule has 0 atom stereocenters. The maximum absolute atomic E-state index is 11.2. The van der Waals surface area contributed by atoms with Gasteiger partial charge in [-0.2, -0.15) is 0 Å². The van der Waals surface area contributed by atoms with Crippen LogP contribution in [-0.2, 0) is 0 Å². The van der Waals surface area contributed by atoms with Gasteiger partial charge in [0.25, 0.3) is 0 Å². The van der Waals surface area contributed by atoms with Crippen molar-refractivity contribution in [2.24, 2.45) is 0 Å². The zero-order chi connectivity index (χ0) is 10.1. The van der Waals surface area contributed by atoms with Gasteiger partial charge in [-0.05, 0) is 12.8 Å². The fraction of sp³-hybridized carbons (Fsp3) is 0.600. The van der Waals surface area contributed by atoms with Gasteiger partial charge in [0, 0.05) is 12.8 Å². The first kappa shape index (κ1) is 9.24. The van der Waals surface area contributed by atoms with Crippen molar-refractivity contribution in [1.29, 1.82) is 0 Å². The number of nitrogen functional groups attached to an aromatic ring is 1. The van der Waals surface area contributed by atoms with Crippen LogP contribution >= 0.6 is 0 Å². The van der Waals surface area contributed by atoms with E-state index in [1.54, 1.807) is 6.20 Å². The zero-order valence-corrected chi connectivity index (χ0v) is 8.36. The molecule has 2 N–H and O–H groups in total. The number of Topliss-reactive ketones (excluding diaryl/α,β-unsaturated/α-hetero) is 1. The van der Waals surface area contributed by atoms with Crippen molar-refractivity contribution >= 4 is 5.78 Å². The molecule has 1 aromatic heterocycles. The van der Waals surface area contributed by atoms with Crippen LogP contribution in [0.25, 0.3) is 0 Å². The third-order valence-corrected chi connectivity index (χ3v) is 2.91. The number of imidazole rings is 1. The molecule has 0 bridgehead atoms. The van der Waals surface area contributed by atoms with Crippen molar-refractivity contribution in [2.75, 3.05) is 5.84 Å². The van der Waals surface area contributed by atoms with Gasteiger partial charge in [-0.1, -0.05) is 12.8 Å². The Balaban J connectivity index is 2.30. The van der Waals surface area contributed by atoms with Crippen LogP contribution in [0.3, 0.4) is 0 Å². The van der Waals surface area contributed by atoms with Crippen molar-refractivity contribution in [3.8, 4) is 0 Å². The SMILES string of the molecule is CC(=O)c1cnc(C2CCCC2)n1N. The molecular formula is C10H15N3O. The van der Waals surface area contributed by atoms with Crippen LogP contribution in [0.4, 0.5) is 0 Å². The van der Waals surface area contributed by atoms with E-state index in [0.717, 1.165) is 18.7 Å². The molecule has 1 fully saturated rings. The molecule has 4 nitrogen and oxygen atoms in total. The molecule has 0 spiro atoms. The Morgan fingerprint density at radius 1 is 1.57 bits per heavy atom. The summed E-state index contributed by atoms with van der Waals surface area (Å²) >= 11 is 0.